The molecule has 1 N–H and O–H groups in total. The Bertz CT molecular complexity index is 853. The lowest BCUT2D eigenvalue weighted by atomic mass is 10.2. The number of thiophene rings is 1. The molecule has 0 saturated carbocycles. The second-order valence-corrected chi connectivity index (χ2v) is 6.68. The van der Waals surface area contributed by atoms with E-state index >= 15 is 0 Å². The average molecular weight is 351 g/mol. The number of carbonyl (C=O) groups excluding carboxylic acids is 1. The molecule has 1 saturated heterocycles. The van der Waals surface area contributed by atoms with Gasteiger partial charge in [0.15, 0.2) is 0 Å². The van der Waals surface area contributed by atoms with Gasteiger partial charge in [-0.15, -0.1) is 0 Å². The van der Waals surface area contributed by atoms with Crippen molar-refractivity contribution in [3.05, 3.63) is 59.2 Å². The van der Waals surface area contributed by atoms with Gasteiger partial charge in [-0.1, -0.05) is 0 Å². The van der Waals surface area contributed by atoms with Gasteiger partial charge in [0.2, 0.25) is 5.95 Å². The first-order valence-electron chi connectivity index (χ1n) is 8.11. The Balaban J connectivity index is 1.44. The Morgan fingerprint density at radius 3 is 3.04 bits per heavy atom. The van der Waals surface area contributed by atoms with Crippen LogP contribution in [0.3, 0.4) is 0 Å². The first-order chi connectivity index (χ1) is 12.3. The first kappa shape index (κ1) is 15.7. The number of pyridine rings is 1. The van der Waals surface area contributed by atoms with E-state index in [1.165, 1.54) is 11.3 Å². The van der Waals surface area contributed by atoms with Crippen molar-refractivity contribution in [3.63, 3.8) is 0 Å². The Hall–Kier alpha value is -2.80. The predicted molar refractivity (Wildman–Crippen MR) is 97.7 cm³/mol. The van der Waals surface area contributed by atoms with Crippen molar-refractivity contribution in [1.29, 1.82) is 0 Å². The van der Waals surface area contributed by atoms with E-state index in [4.69, 9.17) is 0 Å². The molecule has 4 rings (SSSR count). The Labute approximate surface area is 149 Å². The van der Waals surface area contributed by atoms with E-state index in [9.17, 15) is 4.79 Å². The van der Waals surface area contributed by atoms with Crippen LogP contribution in [0.5, 0.6) is 0 Å². The van der Waals surface area contributed by atoms with E-state index in [1.807, 2.05) is 35.0 Å². The van der Waals surface area contributed by atoms with Gasteiger partial charge in [-0.2, -0.15) is 11.3 Å². The van der Waals surface area contributed by atoms with Gasteiger partial charge < -0.3 is 10.2 Å². The van der Waals surface area contributed by atoms with E-state index in [0.29, 0.717) is 12.5 Å². The largest absolute Gasteiger partial charge is 0.347 e. The van der Waals surface area contributed by atoms with Gasteiger partial charge in [-0.25, -0.2) is 9.97 Å². The van der Waals surface area contributed by atoms with E-state index < -0.39 is 0 Å². The van der Waals surface area contributed by atoms with Gasteiger partial charge in [0.25, 0.3) is 5.91 Å². The minimum atomic E-state index is -0.0156. The molecule has 126 valence electrons. The molecule has 0 spiro atoms. The minimum absolute atomic E-state index is 0.0156. The smallest absolute Gasteiger partial charge is 0.252 e. The van der Waals surface area contributed by atoms with Crippen LogP contribution in [0.25, 0.3) is 11.3 Å². The third kappa shape index (κ3) is 3.51. The normalized spacial score (nSPS) is 16.8. The van der Waals surface area contributed by atoms with Crippen molar-refractivity contribution in [1.82, 2.24) is 20.3 Å². The molecule has 1 aliphatic rings. The summed E-state index contributed by atoms with van der Waals surface area (Å²) in [5.74, 6) is 0.673. The minimum Gasteiger partial charge on any atom is -0.347 e. The fraction of sp³-hybridized carbons (Fsp3) is 0.222. The van der Waals surface area contributed by atoms with Crippen LogP contribution in [0.2, 0.25) is 0 Å². The highest BCUT2D eigenvalue weighted by molar-refractivity contribution is 7.08. The zero-order valence-corrected chi connectivity index (χ0v) is 14.3. The Morgan fingerprint density at radius 2 is 2.24 bits per heavy atom. The summed E-state index contributed by atoms with van der Waals surface area (Å²) >= 11 is 1.53. The standard InChI is InChI=1S/C18H17N5OS/c24-17(14-5-9-25-12-14)21-15-4-8-23(11-15)18-20-7-3-16(22-18)13-2-1-6-19-10-13/h1-3,5-7,9-10,12,15H,4,8,11H2,(H,21,24). The van der Waals surface area contributed by atoms with Crippen molar-refractivity contribution in [2.45, 2.75) is 12.5 Å². The van der Waals surface area contributed by atoms with Crippen molar-refractivity contribution in [2.75, 3.05) is 18.0 Å². The monoisotopic (exact) mass is 351 g/mol. The molecule has 1 unspecified atom stereocenters. The lowest BCUT2D eigenvalue weighted by Crippen LogP contribution is -2.37. The topological polar surface area (TPSA) is 71.0 Å². The number of rotatable bonds is 4. The van der Waals surface area contributed by atoms with Crippen LogP contribution < -0.4 is 10.2 Å². The molecule has 6 nitrogen and oxygen atoms in total. The van der Waals surface area contributed by atoms with Gasteiger partial charge in [0.05, 0.1) is 5.69 Å². The van der Waals surface area contributed by atoms with Gasteiger partial charge in [-0.3, -0.25) is 9.78 Å². The van der Waals surface area contributed by atoms with E-state index in [2.05, 4.69) is 25.2 Å². The second-order valence-electron chi connectivity index (χ2n) is 5.90. The number of aromatic nitrogens is 3. The fourth-order valence-corrected chi connectivity index (χ4v) is 3.53. The number of nitrogens with zero attached hydrogens (tertiary/aromatic N) is 4. The van der Waals surface area contributed by atoms with Crippen molar-refractivity contribution < 1.29 is 4.79 Å². The summed E-state index contributed by atoms with van der Waals surface area (Å²) in [7, 11) is 0. The molecule has 1 aliphatic heterocycles. The summed E-state index contributed by atoms with van der Waals surface area (Å²) in [6.45, 7) is 1.54. The lowest BCUT2D eigenvalue weighted by molar-refractivity contribution is 0.0941. The van der Waals surface area contributed by atoms with Crippen molar-refractivity contribution in [3.8, 4) is 11.3 Å². The van der Waals surface area contributed by atoms with Crippen LogP contribution in [0.1, 0.15) is 16.8 Å². The molecular weight excluding hydrogens is 334 g/mol. The Kier molecular flexibility index (Phi) is 4.39. The predicted octanol–water partition coefficient (Wildman–Crippen LogP) is 2.61. The highest BCUT2D eigenvalue weighted by Gasteiger charge is 2.26. The fourth-order valence-electron chi connectivity index (χ4n) is 2.90. The molecule has 25 heavy (non-hydrogen) atoms. The molecule has 1 atom stereocenters. The molecule has 3 aromatic heterocycles. The number of nitrogens with one attached hydrogen (secondary N) is 1. The summed E-state index contributed by atoms with van der Waals surface area (Å²) in [6.07, 6.45) is 6.19. The van der Waals surface area contributed by atoms with Crippen molar-refractivity contribution in [2.24, 2.45) is 0 Å². The van der Waals surface area contributed by atoms with E-state index in [0.717, 1.165) is 29.8 Å². The van der Waals surface area contributed by atoms with Crippen LogP contribution in [0.15, 0.2) is 53.6 Å². The summed E-state index contributed by atoms with van der Waals surface area (Å²) in [5.41, 5.74) is 2.54. The molecule has 1 amide bonds. The van der Waals surface area contributed by atoms with Crippen LogP contribution in [0.4, 0.5) is 5.95 Å². The maximum Gasteiger partial charge on any atom is 0.252 e. The number of hydrogen-bond donors (Lipinski definition) is 1. The van der Waals surface area contributed by atoms with E-state index in [1.54, 1.807) is 18.6 Å². The summed E-state index contributed by atoms with van der Waals surface area (Å²) in [5, 5.41) is 6.86. The van der Waals surface area contributed by atoms with Gasteiger partial charge in [-0.05, 0) is 36.1 Å². The molecule has 3 aromatic rings. The highest BCUT2D eigenvalue weighted by Crippen LogP contribution is 2.21. The van der Waals surface area contributed by atoms with E-state index in [-0.39, 0.29) is 11.9 Å². The SMILES string of the molecule is O=C(NC1CCN(c2nccc(-c3cccnc3)n2)C1)c1ccsc1. The van der Waals surface area contributed by atoms with Gasteiger partial charge >= 0.3 is 0 Å². The highest BCUT2D eigenvalue weighted by atomic mass is 32.1. The molecule has 7 heteroatoms. The van der Waals surface area contributed by atoms with Crippen LogP contribution >= 0.6 is 11.3 Å². The maximum atomic E-state index is 12.2. The molecule has 4 heterocycles. The number of carbonyl (C=O) groups is 1. The van der Waals surface area contributed by atoms with Gasteiger partial charge in [0, 0.05) is 54.2 Å². The molecule has 0 radical (unpaired) electrons. The zero-order chi connectivity index (χ0) is 17.1. The Morgan fingerprint density at radius 1 is 1.28 bits per heavy atom. The molecule has 0 bridgehead atoms. The van der Waals surface area contributed by atoms with Crippen LogP contribution in [-0.4, -0.2) is 40.0 Å². The maximum absolute atomic E-state index is 12.2. The first-order valence-corrected chi connectivity index (χ1v) is 9.05. The van der Waals surface area contributed by atoms with Crippen LogP contribution in [-0.2, 0) is 0 Å². The zero-order valence-electron chi connectivity index (χ0n) is 13.5. The number of anilines is 1. The molecular formula is C18H17N5OS. The quantitative estimate of drug-likeness (QED) is 0.782. The van der Waals surface area contributed by atoms with Crippen molar-refractivity contribution >= 4 is 23.2 Å². The molecule has 1 fully saturated rings. The number of amides is 1. The summed E-state index contributed by atoms with van der Waals surface area (Å²) in [6, 6.07) is 7.70. The lowest BCUT2D eigenvalue weighted by Gasteiger charge is -2.17. The second kappa shape index (κ2) is 6.98. The average Bonchev–Trinajstić information content (AvgIpc) is 3.35. The molecule has 0 aliphatic carbocycles. The third-order valence-corrected chi connectivity index (χ3v) is 4.87. The summed E-state index contributed by atoms with van der Waals surface area (Å²) in [4.78, 5) is 27.5. The third-order valence-electron chi connectivity index (χ3n) is 4.19. The number of hydrogen-bond acceptors (Lipinski definition) is 6. The summed E-state index contributed by atoms with van der Waals surface area (Å²) < 4.78 is 0. The molecule has 0 aromatic carbocycles. The van der Waals surface area contributed by atoms with Crippen LogP contribution in [0, 0.1) is 0 Å². The van der Waals surface area contributed by atoms with Gasteiger partial charge in [0.1, 0.15) is 0 Å².